The molecular weight excluding hydrogens is 283 g/mol. The van der Waals surface area contributed by atoms with E-state index in [-0.39, 0.29) is 5.82 Å². The van der Waals surface area contributed by atoms with E-state index in [0.29, 0.717) is 6.42 Å². The van der Waals surface area contributed by atoms with Gasteiger partial charge in [0.1, 0.15) is 11.6 Å². The minimum atomic E-state index is -0.892. The highest BCUT2D eigenvalue weighted by molar-refractivity contribution is 5.76. The van der Waals surface area contributed by atoms with Gasteiger partial charge in [-0.25, -0.2) is 4.39 Å². The molecule has 1 unspecified atom stereocenters. The Hall–Kier alpha value is -2.36. The van der Waals surface area contributed by atoms with Gasteiger partial charge in [-0.3, -0.25) is 4.79 Å². The van der Waals surface area contributed by atoms with Gasteiger partial charge in [-0.05, 0) is 47.7 Å². The fourth-order valence-corrected chi connectivity index (χ4v) is 2.50. The number of hydrogen-bond donors (Lipinski definition) is 1. The monoisotopic (exact) mass is 302 g/mol. The highest BCUT2D eigenvalue weighted by atomic mass is 19.1. The Morgan fingerprint density at radius 3 is 2.45 bits per heavy atom. The van der Waals surface area contributed by atoms with Crippen molar-refractivity contribution in [2.24, 2.45) is 0 Å². The van der Waals surface area contributed by atoms with Crippen LogP contribution in [-0.4, -0.2) is 18.2 Å². The number of carboxylic acid groups (broad SMARTS) is 1. The number of halogens is 1. The Balaban J connectivity index is 2.31. The number of aliphatic carboxylic acids is 1. The molecule has 1 atom stereocenters. The van der Waals surface area contributed by atoms with Crippen molar-refractivity contribution >= 4 is 5.97 Å². The molecule has 22 heavy (non-hydrogen) atoms. The predicted molar refractivity (Wildman–Crippen MR) is 82.9 cm³/mol. The molecule has 0 aliphatic heterocycles. The Morgan fingerprint density at radius 2 is 1.91 bits per heavy atom. The number of carbonyl (C=O) groups is 1. The number of rotatable bonds is 6. The van der Waals surface area contributed by atoms with Gasteiger partial charge in [-0.15, -0.1) is 0 Å². The first-order chi connectivity index (χ1) is 10.5. The summed E-state index contributed by atoms with van der Waals surface area (Å²) in [4.78, 5) is 11.6. The highest BCUT2D eigenvalue weighted by Gasteiger charge is 2.21. The van der Waals surface area contributed by atoms with Crippen molar-refractivity contribution < 1.29 is 19.0 Å². The topological polar surface area (TPSA) is 46.5 Å². The number of aryl methyl sites for hydroxylation is 1. The average molecular weight is 302 g/mol. The number of hydrogen-bond acceptors (Lipinski definition) is 2. The molecule has 0 aliphatic carbocycles. The van der Waals surface area contributed by atoms with Crippen molar-refractivity contribution in [3.63, 3.8) is 0 Å². The number of ether oxygens (including phenoxy) is 1. The van der Waals surface area contributed by atoms with Crippen molar-refractivity contribution in [3.05, 3.63) is 65.0 Å². The summed E-state index contributed by atoms with van der Waals surface area (Å²) in [5.74, 6) is -1.12. The van der Waals surface area contributed by atoms with E-state index in [1.807, 2.05) is 13.0 Å². The zero-order valence-corrected chi connectivity index (χ0v) is 12.7. The van der Waals surface area contributed by atoms with Crippen LogP contribution >= 0.6 is 0 Å². The van der Waals surface area contributed by atoms with Crippen molar-refractivity contribution in [1.29, 1.82) is 0 Å². The second-order valence-corrected chi connectivity index (χ2v) is 5.15. The van der Waals surface area contributed by atoms with Crippen LogP contribution < -0.4 is 4.74 Å². The van der Waals surface area contributed by atoms with Gasteiger partial charge in [0.05, 0.1) is 13.0 Å². The van der Waals surface area contributed by atoms with Crippen LogP contribution in [0.2, 0.25) is 0 Å². The van der Waals surface area contributed by atoms with Crippen LogP contribution in [0.5, 0.6) is 5.75 Å². The van der Waals surface area contributed by atoms with Crippen LogP contribution in [0.3, 0.4) is 0 Å². The van der Waals surface area contributed by atoms with E-state index in [4.69, 9.17) is 4.74 Å². The molecule has 0 heterocycles. The molecule has 0 amide bonds. The SMILES string of the molecule is CCc1cc(C(Cc2ccc(F)cc2)C(=O)O)ccc1OC. The lowest BCUT2D eigenvalue weighted by molar-refractivity contribution is -0.138. The molecule has 2 rings (SSSR count). The second kappa shape index (κ2) is 7.07. The molecule has 1 N–H and O–H groups in total. The molecule has 0 radical (unpaired) electrons. The Bertz CT molecular complexity index is 650. The zero-order valence-electron chi connectivity index (χ0n) is 12.7. The maximum absolute atomic E-state index is 13.0. The van der Waals surface area contributed by atoms with Crippen LogP contribution in [0.15, 0.2) is 42.5 Å². The van der Waals surface area contributed by atoms with E-state index in [1.54, 1.807) is 31.4 Å². The number of carboxylic acids is 1. The fraction of sp³-hybridized carbons (Fsp3) is 0.278. The number of benzene rings is 2. The molecule has 0 aliphatic rings. The third-order valence-electron chi connectivity index (χ3n) is 3.74. The van der Waals surface area contributed by atoms with E-state index >= 15 is 0 Å². The van der Waals surface area contributed by atoms with Crippen molar-refractivity contribution in [1.82, 2.24) is 0 Å². The average Bonchev–Trinajstić information content (AvgIpc) is 2.53. The third kappa shape index (κ3) is 3.64. The second-order valence-electron chi connectivity index (χ2n) is 5.15. The molecule has 0 fully saturated rings. The largest absolute Gasteiger partial charge is 0.496 e. The Labute approximate surface area is 129 Å². The van der Waals surface area contributed by atoms with Crippen LogP contribution in [0.1, 0.15) is 29.5 Å². The van der Waals surface area contributed by atoms with Gasteiger partial charge in [0.2, 0.25) is 0 Å². The standard InChI is InChI=1S/C18H19FO3/c1-3-13-11-14(6-9-17(13)22-2)16(18(20)21)10-12-4-7-15(19)8-5-12/h4-9,11,16H,3,10H2,1-2H3,(H,20,21). The molecule has 2 aromatic carbocycles. The van der Waals surface area contributed by atoms with Gasteiger partial charge in [0.25, 0.3) is 0 Å². The molecule has 0 saturated carbocycles. The van der Waals surface area contributed by atoms with E-state index < -0.39 is 11.9 Å². The van der Waals surface area contributed by atoms with Crippen LogP contribution in [0.4, 0.5) is 4.39 Å². The Morgan fingerprint density at radius 1 is 1.23 bits per heavy atom. The van der Waals surface area contributed by atoms with Crippen molar-refractivity contribution in [3.8, 4) is 5.75 Å². The van der Waals surface area contributed by atoms with E-state index in [2.05, 4.69) is 0 Å². The first-order valence-corrected chi connectivity index (χ1v) is 7.19. The van der Waals surface area contributed by atoms with Crippen LogP contribution in [-0.2, 0) is 17.6 Å². The molecule has 0 aromatic heterocycles. The first-order valence-electron chi connectivity index (χ1n) is 7.19. The van der Waals surface area contributed by atoms with Crippen LogP contribution in [0, 0.1) is 5.82 Å². The Kier molecular flexibility index (Phi) is 5.15. The van der Waals surface area contributed by atoms with E-state index in [0.717, 1.165) is 28.9 Å². The maximum atomic E-state index is 13.0. The van der Waals surface area contributed by atoms with E-state index in [1.165, 1.54) is 12.1 Å². The minimum Gasteiger partial charge on any atom is -0.496 e. The normalized spacial score (nSPS) is 12.0. The van der Waals surface area contributed by atoms with Crippen molar-refractivity contribution in [2.45, 2.75) is 25.7 Å². The van der Waals surface area contributed by atoms with Gasteiger partial charge >= 0.3 is 5.97 Å². The summed E-state index contributed by atoms with van der Waals surface area (Å²) in [6.07, 6.45) is 1.09. The maximum Gasteiger partial charge on any atom is 0.311 e. The van der Waals surface area contributed by atoms with Gasteiger partial charge < -0.3 is 9.84 Å². The van der Waals surface area contributed by atoms with Gasteiger partial charge in [0, 0.05) is 0 Å². The molecule has 4 heteroatoms. The van der Waals surface area contributed by atoms with Crippen LogP contribution in [0.25, 0.3) is 0 Å². The predicted octanol–water partition coefficient (Wildman–Crippen LogP) is 3.81. The lowest BCUT2D eigenvalue weighted by Crippen LogP contribution is -2.15. The van der Waals surface area contributed by atoms with Crippen molar-refractivity contribution in [2.75, 3.05) is 7.11 Å². The first kappa shape index (κ1) is 16.0. The summed E-state index contributed by atoms with van der Waals surface area (Å²) in [6.45, 7) is 2.00. The molecule has 2 aromatic rings. The number of methoxy groups -OCH3 is 1. The van der Waals surface area contributed by atoms with Gasteiger partial charge in [-0.2, -0.15) is 0 Å². The summed E-state index contributed by atoms with van der Waals surface area (Å²) in [6, 6.07) is 11.4. The molecule has 0 saturated heterocycles. The fourth-order valence-electron chi connectivity index (χ4n) is 2.50. The smallest absolute Gasteiger partial charge is 0.311 e. The minimum absolute atomic E-state index is 0.325. The molecule has 116 valence electrons. The summed E-state index contributed by atoms with van der Waals surface area (Å²) in [5.41, 5.74) is 2.50. The third-order valence-corrected chi connectivity index (χ3v) is 3.74. The summed E-state index contributed by atoms with van der Waals surface area (Å²) < 4.78 is 18.2. The quantitative estimate of drug-likeness (QED) is 0.882. The lowest BCUT2D eigenvalue weighted by atomic mass is 9.90. The molecule has 0 spiro atoms. The van der Waals surface area contributed by atoms with Gasteiger partial charge in [0.15, 0.2) is 0 Å². The molecule has 0 bridgehead atoms. The molecular formula is C18H19FO3. The zero-order chi connectivity index (χ0) is 16.1. The lowest BCUT2D eigenvalue weighted by Gasteiger charge is -2.16. The van der Waals surface area contributed by atoms with Gasteiger partial charge in [-0.1, -0.05) is 31.2 Å². The highest BCUT2D eigenvalue weighted by Crippen LogP contribution is 2.27. The summed E-state index contributed by atoms with van der Waals surface area (Å²) >= 11 is 0. The summed E-state index contributed by atoms with van der Waals surface area (Å²) in [7, 11) is 1.60. The molecule has 3 nitrogen and oxygen atoms in total. The van der Waals surface area contributed by atoms with E-state index in [9.17, 15) is 14.3 Å². The summed E-state index contributed by atoms with van der Waals surface area (Å²) in [5, 5.41) is 9.53.